The fourth-order valence-corrected chi connectivity index (χ4v) is 1.80. The third-order valence-electron chi connectivity index (χ3n) is 2.81. The van der Waals surface area contributed by atoms with Gasteiger partial charge in [-0.1, -0.05) is 19.8 Å². The molecule has 21 heavy (non-hydrogen) atoms. The van der Waals surface area contributed by atoms with E-state index < -0.39 is 18.0 Å². The van der Waals surface area contributed by atoms with Gasteiger partial charge in [0, 0.05) is 11.3 Å². The molecule has 0 spiro atoms. The molecule has 2 N–H and O–H groups in total. The van der Waals surface area contributed by atoms with Gasteiger partial charge >= 0.3 is 12.0 Å². The van der Waals surface area contributed by atoms with E-state index in [2.05, 4.69) is 16.6 Å². The van der Waals surface area contributed by atoms with Crippen molar-refractivity contribution in [3.05, 3.63) is 29.8 Å². The summed E-state index contributed by atoms with van der Waals surface area (Å²) in [5.74, 6) is 2.29. The number of urea groups is 1. The first kappa shape index (κ1) is 16.6. The van der Waals surface area contributed by atoms with Crippen LogP contribution in [0.3, 0.4) is 0 Å². The predicted molar refractivity (Wildman–Crippen MR) is 81.8 cm³/mol. The lowest BCUT2D eigenvalue weighted by molar-refractivity contribution is -0.143. The number of rotatable bonds is 5. The summed E-state index contributed by atoms with van der Waals surface area (Å²) in [5.41, 5.74) is 1.33. The molecule has 5 heteroatoms. The number of nitrogens with one attached hydrogen (secondary N) is 2. The van der Waals surface area contributed by atoms with Crippen LogP contribution in [0.25, 0.3) is 0 Å². The molecule has 0 radical (unpaired) electrons. The van der Waals surface area contributed by atoms with Crippen molar-refractivity contribution in [3.8, 4) is 12.3 Å². The van der Waals surface area contributed by atoms with Gasteiger partial charge in [0.1, 0.15) is 6.04 Å². The molecule has 1 aromatic carbocycles. The number of carbonyl (C=O) groups is 2. The fraction of sp³-hybridized carbons (Fsp3) is 0.375. The highest BCUT2D eigenvalue weighted by atomic mass is 16.5. The van der Waals surface area contributed by atoms with Crippen LogP contribution in [0.5, 0.6) is 0 Å². The van der Waals surface area contributed by atoms with Crippen LogP contribution in [0.2, 0.25) is 0 Å². The zero-order valence-electron chi connectivity index (χ0n) is 12.5. The molecule has 0 aliphatic carbocycles. The Morgan fingerprint density at radius 2 is 1.90 bits per heavy atom. The second-order valence-electron chi connectivity index (χ2n) is 5.03. The molecule has 0 saturated carbocycles. The van der Waals surface area contributed by atoms with Crippen molar-refractivity contribution in [2.45, 2.75) is 26.3 Å². The lowest BCUT2D eigenvalue weighted by Gasteiger charge is -2.18. The second kappa shape index (κ2) is 7.95. The SMILES string of the molecule is C#Cc1ccc(NC(=O)N[C@@H](CC(C)C)C(=O)OC)cc1. The molecular formula is C16H20N2O3. The smallest absolute Gasteiger partial charge is 0.328 e. The number of amides is 2. The van der Waals surface area contributed by atoms with Crippen molar-refractivity contribution in [1.82, 2.24) is 5.32 Å². The van der Waals surface area contributed by atoms with Crippen LogP contribution >= 0.6 is 0 Å². The molecule has 2 amide bonds. The van der Waals surface area contributed by atoms with Crippen LogP contribution in [-0.2, 0) is 9.53 Å². The highest BCUT2D eigenvalue weighted by Gasteiger charge is 2.22. The van der Waals surface area contributed by atoms with Crippen molar-refractivity contribution in [2.24, 2.45) is 5.92 Å². The summed E-state index contributed by atoms with van der Waals surface area (Å²) >= 11 is 0. The minimum Gasteiger partial charge on any atom is -0.467 e. The molecule has 0 saturated heterocycles. The maximum Gasteiger partial charge on any atom is 0.328 e. The summed E-state index contributed by atoms with van der Waals surface area (Å²) in [6.45, 7) is 3.93. The molecule has 0 aliphatic rings. The van der Waals surface area contributed by atoms with Gasteiger partial charge in [0.05, 0.1) is 7.11 Å². The second-order valence-corrected chi connectivity index (χ2v) is 5.03. The van der Waals surface area contributed by atoms with Gasteiger partial charge in [-0.05, 0) is 36.6 Å². The van der Waals surface area contributed by atoms with Crippen molar-refractivity contribution < 1.29 is 14.3 Å². The van der Waals surface area contributed by atoms with Gasteiger partial charge in [0.2, 0.25) is 0 Å². The summed E-state index contributed by atoms with van der Waals surface area (Å²) in [4.78, 5) is 23.5. The zero-order chi connectivity index (χ0) is 15.8. The predicted octanol–water partition coefficient (Wildman–Crippen LogP) is 2.38. The molecular weight excluding hydrogens is 268 g/mol. The molecule has 0 unspecified atom stereocenters. The van der Waals surface area contributed by atoms with E-state index in [4.69, 9.17) is 11.2 Å². The van der Waals surface area contributed by atoms with Crippen LogP contribution in [0.15, 0.2) is 24.3 Å². The Hall–Kier alpha value is -2.48. The fourth-order valence-electron chi connectivity index (χ4n) is 1.80. The van der Waals surface area contributed by atoms with E-state index in [1.165, 1.54) is 7.11 Å². The Morgan fingerprint density at radius 1 is 1.29 bits per heavy atom. The van der Waals surface area contributed by atoms with Crippen molar-refractivity contribution in [1.29, 1.82) is 0 Å². The van der Waals surface area contributed by atoms with E-state index in [-0.39, 0.29) is 5.92 Å². The number of methoxy groups -OCH3 is 1. The maximum absolute atomic E-state index is 11.9. The molecule has 0 bridgehead atoms. The Morgan fingerprint density at radius 3 is 2.38 bits per heavy atom. The van der Waals surface area contributed by atoms with Gasteiger partial charge in [0.25, 0.3) is 0 Å². The molecule has 112 valence electrons. The first-order valence-electron chi connectivity index (χ1n) is 6.68. The van der Waals surface area contributed by atoms with E-state index in [0.717, 1.165) is 5.56 Å². The first-order valence-corrected chi connectivity index (χ1v) is 6.68. The van der Waals surface area contributed by atoms with Crippen LogP contribution in [0.4, 0.5) is 10.5 Å². The summed E-state index contributed by atoms with van der Waals surface area (Å²) in [7, 11) is 1.30. The number of benzene rings is 1. The third kappa shape index (κ3) is 5.57. The number of esters is 1. The summed E-state index contributed by atoms with van der Waals surface area (Å²) in [6, 6.07) is 5.72. The quantitative estimate of drug-likeness (QED) is 0.645. The van der Waals surface area contributed by atoms with Crippen LogP contribution < -0.4 is 10.6 Å². The standard InChI is InChI=1S/C16H20N2O3/c1-5-12-6-8-13(9-7-12)17-16(20)18-14(10-11(2)3)15(19)21-4/h1,6-9,11,14H,10H2,2-4H3,(H2,17,18,20)/t14-/m0/s1. The van der Waals surface area contributed by atoms with Gasteiger partial charge in [-0.3, -0.25) is 0 Å². The van der Waals surface area contributed by atoms with E-state index in [1.807, 2.05) is 13.8 Å². The monoisotopic (exact) mass is 288 g/mol. The van der Waals surface area contributed by atoms with Crippen LogP contribution in [0.1, 0.15) is 25.8 Å². The molecule has 0 heterocycles. The van der Waals surface area contributed by atoms with Crippen molar-refractivity contribution >= 4 is 17.7 Å². The van der Waals surface area contributed by atoms with Crippen LogP contribution in [0, 0.1) is 18.3 Å². The van der Waals surface area contributed by atoms with Crippen molar-refractivity contribution in [3.63, 3.8) is 0 Å². The maximum atomic E-state index is 11.9. The highest BCUT2D eigenvalue weighted by Crippen LogP contribution is 2.10. The Bertz CT molecular complexity index is 529. The molecule has 0 aliphatic heterocycles. The molecule has 0 fully saturated rings. The van der Waals surface area contributed by atoms with E-state index >= 15 is 0 Å². The molecule has 0 aromatic heterocycles. The third-order valence-corrected chi connectivity index (χ3v) is 2.81. The summed E-state index contributed by atoms with van der Waals surface area (Å²) < 4.78 is 4.69. The molecule has 1 rings (SSSR count). The van der Waals surface area contributed by atoms with E-state index in [9.17, 15) is 9.59 Å². The zero-order valence-corrected chi connectivity index (χ0v) is 12.5. The lowest BCUT2D eigenvalue weighted by atomic mass is 10.0. The number of anilines is 1. The molecule has 1 aromatic rings. The summed E-state index contributed by atoms with van der Waals surface area (Å²) in [5, 5.41) is 5.26. The van der Waals surface area contributed by atoms with Gasteiger partial charge < -0.3 is 15.4 Å². The number of terminal acetylenes is 1. The highest BCUT2D eigenvalue weighted by molar-refractivity contribution is 5.92. The Kier molecular flexibility index (Phi) is 6.28. The first-order chi connectivity index (χ1) is 9.96. The van der Waals surface area contributed by atoms with Gasteiger partial charge in [-0.15, -0.1) is 6.42 Å². The largest absolute Gasteiger partial charge is 0.467 e. The van der Waals surface area contributed by atoms with E-state index in [0.29, 0.717) is 12.1 Å². The lowest BCUT2D eigenvalue weighted by Crippen LogP contribution is -2.44. The number of hydrogen-bond donors (Lipinski definition) is 2. The van der Waals surface area contributed by atoms with E-state index in [1.54, 1.807) is 24.3 Å². The topological polar surface area (TPSA) is 67.4 Å². The number of carbonyl (C=O) groups excluding carboxylic acids is 2. The number of hydrogen-bond acceptors (Lipinski definition) is 3. The molecule has 5 nitrogen and oxygen atoms in total. The summed E-state index contributed by atoms with van der Waals surface area (Å²) in [6.07, 6.45) is 5.77. The average molecular weight is 288 g/mol. The average Bonchev–Trinajstić information content (AvgIpc) is 2.46. The Labute approximate surface area is 125 Å². The molecule has 1 atom stereocenters. The van der Waals surface area contributed by atoms with Crippen LogP contribution in [-0.4, -0.2) is 25.2 Å². The minimum atomic E-state index is -0.667. The van der Waals surface area contributed by atoms with Gasteiger partial charge in [-0.2, -0.15) is 0 Å². The minimum absolute atomic E-state index is 0.254. The Balaban J connectivity index is 2.64. The normalized spacial score (nSPS) is 11.4. The number of ether oxygens (including phenoxy) is 1. The van der Waals surface area contributed by atoms with Gasteiger partial charge in [-0.25, -0.2) is 9.59 Å². The van der Waals surface area contributed by atoms with Crippen molar-refractivity contribution in [2.75, 3.05) is 12.4 Å². The van der Waals surface area contributed by atoms with Gasteiger partial charge in [0.15, 0.2) is 0 Å².